The van der Waals surface area contributed by atoms with E-state index in [1.165, 1.54) is 5.56 Å². The molecule has 1 aromatic rings. The monoisotopic (exact) mass is 298 g/mol. The van der Waals surface area contributed by atoms with Gasteiger partial charge < -0.3 is 19.8 Å². The van der Waals surface area contributed by atoms with Crippen LogP contribution in [0, 0.1) is 0 Å². The van der Waals surface area contributed by atoms with Crippen LogP contribution in [-0.2, 0) is 11.2 Å². The van der Waals surface area contributed by atoms with Crippen LogP contribution in [0.1, 0.15) is 12.0 Å². The van der Waals surface area contributed by atoms with Crippen LogP contribution < -0.4 is 4.90 Å². The third kappa shape index (κ3) is 1.90. The summed E-state index contributed by atoms with van der Waals surface area (Å²) in [5.74, 6) is 0.160. The molecule has 3 atom stereocenters. The minimum atomic E-state index is -0.756. The Kier molecular flexibility index (Phi) is 3.06. The summed E-state index contributed by atoms with van der Waals surface area (Å²) in [4.78, 5) is 6.51. The van der Waals surface area contributed by atoms with Crippen molar-refractivity contribution in [2.75, 3.05) is 12.0 Å². The zero-order chi connectivity index (χ0) is 15.3. The van der Waals surface area contributed by atoms with Gasteiger partial charge in [0.1, 0.15) is 11.9 Å². The summed E-state index contributed by atoms with van der Waals surface area (Å²) >= 11 is 0. The number of aliphatic hydroxyl groups excluding tert-OH is 2. The van der Waals surface area contributed by atoms with E-state index in [2.05, 4.69) is 11.1 Å². The normalized spacial score (nSPS) is 29.6. The van der Waals surface area contributed by atoms with E-state index in [0.717, 1.165) is 17.7 Å². The Hall–Kier alpha value is -2.11. The molecule has 0 fully saturated rings. The van der Waals surface area contributed by atoms with E-state index in [1.54, 1.807) is 13.2 Å². The molecule has 5 nitrogen and oxygen atoms in total. The summed E-state index contributed by atoms with van der Waals surface area (Å²) < 4.78 is 5.29. The van der Waals surface area contributed by atoms with Crippen molar-refractivity contribution in [2.24, 2.45) is 4.99 Å². The van der Waals surface area contributed by atoms with Crippen molar-refractivity contribution >= 4 is 11.9 Å². The van der Waals surface area contributed by atoms with Crippen LogP contribution in [0.5, 0.6) is 0 Å². The topological polar surface area (TPSA) is 65.3 Å². The highest BCUT2D eigenvalue weighted by atomic mass is 16.5. The Balaban J connectivity index is 1.78. The van der Waals surface area contributed by atoms with Crippen LogP contribution in [0.3, 0.4) is 0 Å². The SMILES string of the molecule is COC1CC2=C(C=C1O)N=CC1Cc3ccccc3N1C2O. The highest BCUT2D eigenvalue weighted by molar-refractivity contribution is 5.79. The number of hydrogen-bond donors (Lipinski definition) is 2. The molecule has 0 aromatic heterocycles. The number of nitrogens with zero attached hydrogens (tertiary/aromatic N) is 2. The molecule has 3 unspecified atom stereocenters. The molecule has 1 aliphatic carbocycles. The molecule has 114 valence electrons. The second kappa shape index (κ2) is 4.97. The number of anilines is 1. The molecular weight excluding hydrogens is 280 g/mol. The predicted molar refractivity (Wildman–Crippen MR) is 84.1 cm³/mol. The lowest BCUT2D eigenvalue weighted by molar-refractivity contribution is 0.0831. The second-order valence-corrected chi connectivity index (χ2v) is 5.87. The van der Waals surface area contributed by atoms with Gasteiger partial charge in [0, 0.05) is 43.5 Å². The van der Waals surface area contributed by atoms with E-state index in [0.29, 0.717) is 12.1 Å². The Labute approximate surface area is 128 Å². The van der Waals surface area contributed by atoms with Crippen molar-refractivity contribution in [3.8, 4) is 0 Å². The maximum Gasteiger partial charge on any atom is 0.152 e. The van der Waals surface area contributed by atoms with Gasteiger partial charge >= 0.3 is 0 Å². The van der Waals surface area contributed by atoms with Gasteiger partial charge in [0.2, 0.25) is 0 Å². The Morgan fingerprint density at radius 1 is 1.27 bits per heavy atom. The molecule has 0 radical (unpaired) electrons. The van der Waals surface area contributed by atoms with Crippen LogP contribution in [0.4, 0.5) is 5.69 Å². The number of fused-ring (bicyclic) bond motifs is 3. The fourth-order valence-electron chi connectivity index (χ4n) is 3.51. The van der Waals surface area contributed by atoms with E-state index in [9.17, 15) is 10.2 Å². The van der Waals surface area contributed by atoms with Gasteiger partial charge in [-0.05, 0) is 11.6 Å². The van der Waals surface area contributed by atoms with Gasteiger partial charge in [0.05, 0.1) is 11.7 Å². The first-order valence-electron chi connectivity index (χ1n) is 7.44. The number of aliphatic imine (C=N–C) groups is 1. The van der Waals surface area contributed by atoms with E-state index >= 15 is 0 Å². The fourth-order valence-corrected chi connectivity index (χ4v) is 3.51. The molecule has 3 aliphatic rings. The number of ether oxygens (including phenoxy) is 1. The molecule has 22 heavy (non-hydrogen) atoms. The summed E-state index contributed by atoms with van der Waals surface area (Å²) in [5, 5.41) is 20.9. The lowest BCUT2D eigenvalue weighted by Gasteiger charge is -2.33. The molecule has 0 saturated carbocycles. The van der Waals surface area contributed by atoms with Crippen molar-refractivity contribution in [1.82, 2.24) is 0 Å². The summed E-state index contributed by atoms with van der Waals surface area (Å²) in [6.07, 6.45) is 3.56. The molecule has 2 aliphatic heterocycles. The highest BCUT2D eigenvalue weighted by Gasteiger charge is 2.38. The largest absolute Gasteiger partial charge is 0.509 e. The number of methoxy groups -OCH3 is 1. The lowest BCUT2D eigenvalue weighted by atomic mass is 9.96. The van der Waals surface area contributed by atoms with Crippen LogP contribution in [0.15, 0.2) is 52.4 Å². The molecule has 0 amide bonds. The first kappa shape index (κ1) is 13.5. The summed E-state index contributed by atoms with van der Waals surface area (Å²) in [7, 11) is 1.56. The zero-order valence-electron chi connectivity index (χ0n) is 12.3. The van der Waals surface area contributed by atoms with E-state index in [4.69, 9.17) is 4.74 Å². The number of aliphatic hydroxyl groups is 2. The number of allylic oxidation sites excluding steroid dienone is 1. The van der Waals surface area contributed by atoms with Crippen molar-refractivity contribution < 1.29 is 14.9 Å². The molecular formula is C17H18N2O3. The van der Waals surface area contributed by atoms with Gasteiger partial charge in [-0.15, -0.1) is 0 Å². The third-order valence-corrected chi connectivity index (χ3v) is 4.65. The first-order valence-corrected chi connectivity index (χ1v) is 7.44. The average molecular weight is 298 g/mol. The molecule has 2 heterocycles. The average Bonchev–Trinajstić information content (AvgIpc) is 2.84. The van der Waals surface area contributed by atoms with Crippen molar-refractivity contribution in [3.63, 3.8) is 0 Å². The van der Waals surface area contributed by atoms with Crippen LogP contribution in [-0.4, -0.2) is 41.9 Å². The van der Waals surface area contributed by atoms with Crippen LogP contribution in [0.2, 0.25) is 0 Å². The van der Waals surface area contributed by atoms with Gasteiger partial charge in [-0.3, -0.25) is 4.99 Å². The van der Waals surface area contributed by atoms with Gasteiger partial charge in [-0.1, -0.05) is 18.2 Å². The first-order chi connectivity index (χ1) is 10.7. The van der Waals surface area contributed by atoms with Gasteiger partial charge in [-0.25, -0.2) is 0 Å². The Morgan fingerprint density at radius 3 is 2.91 bits per heavy atom. The van der Waals surface area contributed by atoms with Gasteiger partial charge in [-0.2, -0.15) is 0 Å². The van der Waals surface area contributed by atoms with E-state index in [-0.39, 0.29) is 11.8 Å². The standard InChI is InChI=1S/C17H18N2O3/c1-22-16-7-12-13(8-15(16)20)18-9-11-6-10-4-2-3-5-14(10)19(11)17(12)21/h2-5,8-9,11,16-17,20-21H,6-7H2,1H3. The highest BCUT2D eigenvalue weighted by Crippen LogP contribution is 2.39. The fraction of sp³-hybridized carbons (Fsp3) is 0.353. The van der Waals surface area contributed by atoms with E-state index < -0.39 is 12.3 Å². The van der Waals surface area contributed by atoms with Crippen LogP contribution in [0.25, 0.3) is 0 Å². The Morgan fingerprint density at radius 2 is 2.09 bits per heavy atom. The molecule has 1 aromatic carbocycles. The third-order valence-electron chi connectivity index (χ3n) is 4.65. The quantitative estimate of drug-likeness (QED) is 0.831. The summed E-state index contributed by atoms with van der Waals surface area (Å²) in [5.41, 5.74) is 3.71. The van der Waals surface area contributed by atoms with E-state index in [1.807, 2.05) is 29.3 Å². The van der Waals surface area contributed by atoms with Crippen molar-refractivity contribution in [2.45, 2.75) is 31.2 Å². The van der Waals surface area contributed by atoms with Gasteiger partial charge in [0.25, 0.3) is 0 Å². The maximum atomic E-state index is 10.9. The van der Waals surface area contributed by atoms with Gasteiger partial charge in [0.15, 0.2) is 6.23 Å². The summed E-state index contributed by atoms with van der Waals surface area (Å²) in [6.45, 7) is 0. The number of para-hydroxylation sites is 1. The molecule has 2 N–H and O–H groups in total. The minimum absolute atomic E-state index is 0.0366. The molecule has 0 saturated heterocycles. The maximum absolute atomic E-state index is 10.9. The number of rotatable bonds is 1. The zero-order valence-corrected chi connectivity index (χ0v) is 12.3. The molecule has 5 heteroatoms. The minimum Gasteiger partial charge on any atom is -0.509 e. The van der Waals surface area contributed by atoms with Crippen LogP contribution >= 0.6 is 0 Å². The Bertz CT molecular complexity index is 708. The molecule has 4 rings (SSSR count). The van der Waals surface area contributed by atoms with Crippen molar-refractivity contribution in [1.29, 1.82) is 0 Å². The predicted octanol–water partition coefficient (Wildman–Crippen LogP) is 1.94. The summed E-state index contributed by atoms with van der Waals surface area (Å²) in [6, 6.07) is 8.15. The lowest BCUT2D eigenvalue weighted by Crippen LogP contribution is -2.43. The number of hydrogen-bond acceptors (Lipinski definition) is 5. The van der Waals surface area contributed by atoms with Crippen molar-refractivity contribution in [3.05, 3.63) is 52.9 Å². The molecule has 0 spiro atoms. The smallest absolute Gasteiger partial charge is 0.152 e. The second-order valence-electron chi connectivity index (χ2n) is 5.87. The number of benzene rings is 1. The molecule has 0 bridgehead atoms.